The minimum atomic E-state index is -0.804. The number of amides is 1. The third kappa shape index (κ3) is 5.64. The van der Waals surface area contributed by atoms with Gasteiger partial charge in [0, 0.05) is 37.3 Å². The molecular formula is C37H35N3O5. The predicted molar refractivity (Wildman–Crippen MR) is 172 cm³/mol. The van der Waals surface area contributed by atoms with Crippen LogP contribution in [0, 0.1) is 6.92 Å². The number of aryl methyl sites for hydroxylation is 1. The van der Waals surface area contributed by atoms with Crippen molar-refractivity contribution < 1.29 is 24.2 Å². The second-order valence-electron chi connectivity index (χ2n) is 12.0. The lowest BCUT2D eigenvalue weighted by molar-refractivity contribution is -0.137. The molecule has 8 heteroatoms. The van der Waals surface area contributed by atoms with E-state index in [0.717, 1.165) is 33.2 Å². The Hall–Kier alpha value is -5.11. The van der Waals surface area contributed by atoms with Crippen molar-refractivity contribution in [2.24, 2.45) is 0 Å². The number of carboxylic acids is 1. The average molecular weight is 602 g/mol. The van der Waals surface area contributed by atoms with Gasteiger partial charge >= 0.3 is 5.97 Å². The number of aromatic nitrogens is 2. The molecule has 1 fully saturated rings. The van der Waals surface area contributed by atoms with Crippen LogP contribution < -0.4 is 9.47 Å². The Kier molecular flexibility index (Phi) is 7.49. The number of hydrogen-bond acceptors (Lipinski definition) is 5. The summed E-state index contributed by atoms with van der Waals surface area (Å²) in [7, 11) is 0. The van der Waals surface area contributed by atoms with E-state index in [1.54, 1.807) is 6.20 Å². The molecule has 5 aromatic rings. The minimum absolute atomic E-state index is 0.0840. The molecule has 1 aromatic heterocycles. The SMILES string of the molecule is Cc1ccc(-c2nc(C(=O)N3CCC(CCC(=O)O)(c4ccc5ccccc5c4)CC3)cn2-c2ccc3c(c2)OCCO3)cc1. The quantitative estimate of drug-likeness (QED) is 0.220. The van der Waals surface area contributed by atoms with Crippen molar-refractivity contribution in [3.8, 4) is 28.6 Å². The van der Waals surface area contributed by atoms with Crippen LogP contribution in [0.15, 0.2) is 91.1 Å². The number of piperidine rings is 1. The zero-order valence-corrected chi connectivity index (χ0v) is 25.2. The van der Waals surface area contributed by atoms with Crippen LogP contribution in [-0.4, -0.2) is 57.7 Å². The first-order valence-electron chi connectivity index (χ1n) is 15.5. The molecule has 0 bridgehead atoms. The lowest BCUT2D eigenvalue weighted by Gasteiger charge is -2.42. The molecule has 2 aliphatic heterocycles. The van der Waals surface area contributed by atoms with Crippen molar-refractivity contribution in [2.45, 2.75) is 38.0 Å². The Morgan fingerprint density at radius 1 is 0.867 bits per heavy atom. The summed E-state index contributed by atoms with van der Waals surface area (Å²) in [5.41, 5.74) is 4.04. The topological polar surface area (TPSA) is 93.9 Å². The van der Waals surface area contributed by atoms with Gasteiger partial charge in [-0.3, -0.25) is 14.2 Å². The summed E-state index contributed by atoms with van der Waals surface area (Å²) in [6.45, 7) is 4.07. The average Bonchev–Trinajstić information content (AvgIpc) is 3.53. The van der Waals surface area contributed by atoms with Gasteiger partial charge in [0.05, 0.1) is 5.69 Å². The minimum Gasteiger partial charge on any atom is -0.486 e. The number of carboxylic acid groups (broad SMARTS) is 1. The summed E-state index contributed by atoms with van der Waals surface area (Å²) < 4.78 is 13.5. The molecule has 8 nitrogen and oxygen atoms in total. The van der Waals surface area contributed by atoms with Gasteiger partial charge in [-0.1, -0.05) is 72.3 Å². The first kappa shape index (κ1) is 28.6. The first-order chi connectivity index (χ1) is 21.9. The molecule has 7 rings (SSSR count). The van der Waals surface area contributed by atoms with Crippen LogP contribution in [0.4, 0.5) is 0 Å². The highest BCUT2D eigenvalue weighted by atomic mass is 16.6. The number of imidazole rings is 1. The van der Waals surface area contributed by atoms with Crippen molar-refractivity contribution in [2.75, 3.05) is 26.3 Å². The molecule has 1 amide bonds. The lowest BCUT2D eigenvalue weighted by Crippen LogP contribution is -2.45. The number of hydrogen-bond donors (Lipinski definition) is 1. The third-order valence-electron chi connectivity index (χ3n) is 9.23. The number of nitrogens with zero attached hydrogens (tertiary/aromatic N) is 3. The zero-order valence-electron chi connectivity index (χ0n) is 25.2. The molecule has 2 aliphatic rings. The van der Waals surface area contributed by atoms with Crippen molar-refractivity contribution in [1.82, 2.24) is 14.5 Å². The van der Waals surface area contributed by atoms with Crippen molar-refractivity contribution in [1.29, 1.82) is 0 Å². The summed E-state index contributed by atoms with van der Waals surface area (Å²) >= 11 is 0. The van der Waals surface area contributed by atoms with Crippen LogP contribution >= 0.6 is 0 Å². The van der Waals surface area contributed by atoms with E-state index < -0.39 is 5.97 Å². The van der Waals surface area contributed by atoms with Gasteiger partial charge < -0.3 is 19.5 Å². The highest BCUT2D eigenvalue weighted by Gasteiger charge is 2.38. The molecule has 228 valence electrons. The van der Waals surface area contributed by atoms with Gasteiger partial charge in [0.15, 0.2) is 11.5 Å². The number of fused-ring (bicyclic) bond motifs is 2. The van der Waals surface area contributed by atoms with Gasteiger partial charge in [-0.25, -0.2) is 4.98 Å². The molecule has 0 atom stereocenters. The second-order valence-corrected chi connectivity index (χ2v) is 12.0. The molecular weight excluding hydrogens is 566 g/mol. The van der Waals surface area contributed by atoms with Gasteiger partial charge in [-0.15, -0.1) is 0 Å². The molecule has 0 spiro atoms. The Bertz CT molecular complexity index is 1890. The largest absolute Gasteiger partial charge is 0.486 e. The van der Waals surface area contributed by atoms with Crippen LogP contribution in [0.1, 0.15) is 47.3 Å². The Morgan fingerprint density at radius 3 is 2.36 bits per heavy atom. The number of carbonyl (C=O) groups is 2. The van der Waals surface area contributed by atoms with E-state index in [1.807, 2.05) is 71.0 Å². The van der Waals surface area contributed by atoms with Crippen LogP contribution in [0.5, 0.6) is 11.5 Å². The molecule has 0 aliphatic carbocycles. The maximum Gasteiger partial charge on any atom is 0.303 e. The standard InChI is InChI=1S/C37H35N3O5/c1-25-6-8-27(9-7-25)35-38-31(24-40(35)30-12-13-32-33(23-30)45-21-20-44-32)36(43)39-18-16-37(17-19-39,15-14-34(41)42)29-11-10-26-4-2-3-5-28(26)22-29/h2-13,22-24H,14-21H2,1H3,(H,41,42). The van der Waals surface area contributed by atoms with Crippen LogP contribution in [0.25, 0.3) is 27.8 Å². The monoisotopic (exact) mass is 601 g/mol. The number of carbonyl (C=O) groups excluding carboxylic acids is 1. The predicted octanol–water partition coefficient (Wildman–Crippen LogP) is 6.81. The summed E-state index contributed by atoms with van der Waals surface area (Å²) in [4.78, 5) is 32.4. The smallest absolute Gasteiger partial charge is 0.303 e. The normalized spacial score (nSPS) is 15.6. The number of aliphatic carboxylic acids is 1. The van der Waals surface area contributed by atoms with E-state index in [0.29, 0.717) is 68.6 Å². The van der Waals surface area contributed by atoms with Gasteiger partial charge in [0.25, 0.3) is 5.91 Å². The van der Waals surface area contributed by atoms with Crippen molar-refractivity contribution in [3.05, 3.63) is 108 Å². The maximum atomic E-state index is 14.0. The fourth-order valence-corrected chi connectivity index (χ4v) is 6.62. The van der Waals surface area contributed by atoms with E-state index in [1.165, 1.54) is 0 Å². The van der Waals surface area contributed by atoms with Gasteiger partial charge in [0.1, 0.15) is 24.7 Å². The van der Waals surface area contributed by atoms with Crippen LogP contribution in [0.3, 0.4) is 0 Å². The molecule has 4 aromatic carbocycles. The first-order valence-corrected chi connectivity index (χ1v) is 15.5. The Morgan fingerprint density at radius 2 is 1.60 bits per heavy atom. The summed E-state index contributed by atoms with van der Waals surface area (Å²) in [5, 5.41) is 11.9. The summed E-state index contributed by atoms with van der Waals surface area (Å²) in [5.74, 6) is 1.09. The zero-order chi connectivity index (χ0) is 31.0. The van der Waals surface area contributed by atoms with E-state index in [4.69, 9.17) is 14.5 Å². The molecule has 0 radical (unpaired) electrons. The molecule has 0 unspecified atom stereocenters. The highest BCUT2D eigenvalue weighted by molar-refractivity contribution is 5.93. The summed E-state index contributed by atoms with van der Waals surface area (Å²) in [6, 6.07) is 28.5. The van der Waals surface area contributed by atoms with E-state index in [2.05, 4.69) is 30.3 Å². The van der Waals surface area contributed by atoms with E-state index >= 15 is 0 Å². The molecule has 1 saturated heterocycles. The maximum absolute atomic E-state index is 14.0. The molecule has 1 N–H and O–H groups in total. The fourth-order valence-electron chi connectivity index (χ4n) is 6.62. The fraction of sp³-hybridized carbons (Fsp3) is 0.270. The number of likely N-dealkylation sites (tertiary alicyclic amines) is 1. The molecule has 45 heavy (non-hydrogen) atoms. The van der Waals surface area contributed by atoms with Gasteiger partial charge in [-0.2, -0.15) is 0 Å². The molecule has 0 saturated carbocycles. The van der Waals surface area contributed by atoms with E-state index in [-0.39, 0.29) is 17.7 Å². The number of benzene rings is 4. The van der Waals surface area contributed by atoms with Gasteiger partial charge in [0.2, 0.25) is 0 Å². The van der Waals surface area contributed by atoms with Gasteiger partial charge in [-0.05, 0) is 60.1 Å². The Labute approximate surface area is 261 Å². The number of ether oxygens (including phenoxy) is 2. The lowest BCUT2D eigenvalue weighted by atomic mass is 9.69. The summed E-state index contributed by atoms with van der Waals surface area (Å²) in [6.07, 6.45) is 3.77. The van der Waals surface area contributed by atoms with Crippen LogP contribution in [0.2, 0.25) is 0 Å². The van der Waals surface area contributed by atoms with Crippen molar-refractivity contribution in [3.63, 3.8) is 0 Å². The number of rotatable bonds is 7. The Balaban J connectivity index is 1.19. The third-order valence-corrected chi connectivity index (χ3v) is 9.23. The molecule has 3 heterocycles. The highest BCUT2D eigenvalue weighted by Crippen LogP contribution is 2.41. The van der Waals surface area contributed by atoms with Crippen LogP contribution in [-0.2, 0) is 10.2 Å². The van der Waals surface area contributed by atoms with E-state index in [9.17, 15) is 14.7 Å². The van der Waals surface area contributed by atoms with Crippen molar-refractivity contribution >= 4 is 22.6 Å². The second kappa shape index (κ2) is 11.8.